The molecule has 1 saturated heterocycles. The fraction of sp³-hybridized carbons (Fsp3) is 0.292. The number of aromatic nitrogens is 2. The van der Waals surface area contributed by atoms with Gasteiger partial charge in [-0.05, 0) is 43.3 Å². The molecular formula is C24H25N5O2S. The highest BCUT2D eigenvalue weighted by Crippen LogP contribution is 2.34. The number of rotatable bonds is 6. The summed E-state index contributed by atoms with van der Waals surface area (Å²) in [6.45, 7) is 4.74. The predicted molar refractivity (Wildman–Crippen MR) is 125 cm³/mol. The second kappa shape index (κ2) is 9.18. The summed E-state index contributed by atoms with van der Waals surface area (Å²) in [7, 11) is 0. The quantitative estimate of drug-likeness (QED) is 0.589. The molecule has 2 aliphatic heterocycles. The summed E-state index contributed by atoms with van der Waals surface area (Å²) in [5, 5.41) is 4.05. The van der Waals surface area contributed by atoms with E-state index >= 15 is 0 Å². The van der Waals surface area contributed by atoms with Gasteiger partial charge in [-0.1, -0.05) is 36.0 Å². The number of pyridine rings is 1. The fourth-order valence-electron chi connectivity index (χ4n) is 4.13. The number of hydrogen-bond donors (Lipinski definition) is 1. The van der Waals surface area contributed by atoms with Gasteiger partial charge in [0, 0.05) is 38.3 Å². The third-order valence-electron chi connectivity index (χ3n) is 5.86. The second-order valence-electron chi connectivity index (χ2n) is 7.96. The number of imidazole rings is 1. The zero-order chi connectivity index (χ0) is 21.9. The highest BCUT2D eigenvalue weighted by atomic mass is 32.2. The standard InChI is InChI=1S/C24H25N5O2S/c30-23(20-16-19-17-26-21-8-4-9-22(32-20)29(19)21)25-10-5-11-27-12-14-28(15-13-27)24(31)18-6-2-1-3-7-18/h1-4,6-9,16-17H,5,10-15H2,(H,25,30). The zero-order valence-corrected chi connectivity index (χ0v) is 18.6. The molecule has 0 atom stereocenters. The van der Waals surface area contributed by atoms with Gasteiger partial charge in [-0.2, -0.15) is 0 Å². The van der Waals surface area contributed by atoms with Crippen LogP contribution in [0, 0.1) is 0 Å². The molecule has 0 spiro atoms. The van der Waals surface area contributed by atoms with E-state index in [-0.39, 0.29) is 11.8 Å². The van der Waals surface area contributed by atoms with Gasteiger partial charge in [0.25, 0.3) is 11.8 Å². The number of nitrogens with one attached hydrogen (secondary N) is 1. The minimum absolute atomic E-state index is 0.0438. The largest absolute Gasteiger partial charge is 0.352 e. The van der Waals surface area contributed by atoms with E-state index in [0.717, 1.165) is 61.1 Å². The first-order valence-corrected chi connectivity index (χ1v) is 11.7. The van der Waals surface area contributed by atoms with E-state index in [1.54, 1.807) is 6.20 Å². The Bertz CT molecular complexity index is 1170. The summed E-state index contributed by atoms with van der Waals surface area (Å²) >= 11 is 1.47. The Kier molecular flexibility index (Phi) is 5.96. The molecule has 3 aromatic rings. The van der Waals surface area contributed by atoms with E-state index in [0.29, 0.717) is 11.4 Å². The third kappa shape index (κ3) is 4.28. The number of benzene rings is 1. The van der Waals surface area contributed by atoms with Crippen molar-refractivity contribution in [2.75, 3.05) is 39.3 Å². The molecule has 0 unspecified atom stereocenters. The number of carbonyl (C=O) groups excluding carboxylic acids is 2. The molecule has 164 valence electrons. The van der Waals surface area contributed by atoms with E-state index in [1.165, 1.54) is 11.8 Å². The average molecular weight is 448 g/mol. The van der Waals surface area contributed by atoms with Crippen molar-refractivity contribution in [3.8, 4) is 0 Å². The molecule has 4 heterocycles. The summed E-state index contributed by atoms with van der Waals surface area (Å²) in [6, 6.07) is 15.4. The van der Waals surface area contributed by atoms with Gasteiger partial charge >= 0.3 is 0 Å². The maximum absolute atomic E-state index is 12.7. The number of amides is 2. The van der Waals surface area contributed by atoms with Crippen molar-refractivity contribution < 1.29 is 9.59 Å². The third-order valence-corrected chi connectivity index (χ3v) is 6.91. The molecule has 5 rings (SSSR count). The van der Waals surface area contributed by atoms with Crippen molar-refractivity contribution in [1.29, 1.82) is 0 Å². The second-order valence-corrected chi connectivity index (χ2v) is 9.02. The van der Waals surface area contributed by atoms with Crippen molar-refractivity contribution in [3.63, 3.8) is 0 Å². The molecule has 1 fully saturated rings. The minimum Gasteiger partial charge on any atom is -0.352 e. The van der Waals surface area contributed by atoms with Crippen LogP contribution in [-0.4, -0.2) is 70.3 Å². The first-order chi connectivity index (χ1) is 15.7. The highest BCUT2D eigenvalue weighted by Gasteiger charge is 2.22. The minimum atomic E-state index is -0.0438. The lowest BCUT2D eigenvalue weighted by molar-refractivity contribution is -0.116. The average Bonchev–Trinajstić information content (AvgIpc) is 3.27. The van der Waals surface area contributed by atoms with Crippen LogP contribution in [0.1, 0.15) is 22.5 Å². The lowest BCUT2D eigenvalue weighted by Gasteiger charge is -2.34. The number of carbonyl (C=O) groups is 2. The monoisotopic (exact) mass is 447 g/mol. The Morgan fingerprint density at radius 1 is 1.00 bits per heavy atom. The Morgan fingerprint density at radius 2 is 1.81 bits per heavy atom. The molecule has 0 saturated carbocycles. The summed E-state index contributed by atoms with van der Waals surface area (Å²) in [4.78, 5) is 34.6. The molecule has 0 aliphatic carbocycles. The number of hydrogen-bond acceptors (Lipinski definition) is 5. The van der Waals surface area contributed by atoms with Crippen LogP contribution in [0.3, 0.4) is 0 Å². The van der Waals surface area contributed by atoms with Crippen LogP contribution in [0.25, 0.3) is 11.7 Å². The van der Waals surface area contributed by atoms with Crippen LogP contribution >= 0.6 is 11.8 Å². The van der Waals surface area contributed by atoms with Crippen LogP contribution in [0.2, 0.25) is 0 Å². The summed E-state index contributed by atoms with van der Waals surface area (Å²) in [6.07, 6.45) is 4.58. The lowest BCUT2D eigenvalue weighted by atomic mass is 10.2. The SMILES string of the molecule is O=C(NCCCN1CCN(C(=O)c2ccccc2)CC1)C1=Cc2cnc3cccc(n23)S1. The molecular weight excluding hydrogens is 422 g/mol. The van der Waals surface area contributed by atoms with Crippen molar-refractivity contribution in [1.82, 2.24) is 24.5 Å². The van der Waals surface area contributed by atoms with E-state index in [1.807, 2.05) is 59.5 Å². The van der Waals surface area contributed by atoms with Crippen LogP contribution < -0.4 is 5.32 Å². The molecule has 2 amide bonds. The number of piperazine rings is 1. The van der Waals surface area contributed by atoms with Gasteiger partial charge < -0.3 is 10.2 Å². The first-order valence-electron chi connectivity index (χ1n) is 10.9. The highest BCUT2D eigenvalue weighted by molar-refractivity contribution is 8.04. The van der Waals surface area contributed by atoms with Crippen LogP contribution in [0.4, 0.5) is 0 Å². The molecule has 2 aromatic heterocycles. The van der Waals surface area contributed by atoms with Crippen LogP contribution in [0.15, 0.2) is 64.7 Å². The normalized spacial score (nSPS) is 16.1. The maximum atomic E-state index is 12.7. The zero-order valence-electron chi connectivity index (χ0n) is 17.7. The van der Waals surface area contributed by atoms with Gasteiger partial charge in [0.1, 0.15) is 5.65 Å². The van der Waals surface area contributed by atoms with Crippen molar-refractivity contribution in [2.24, 2.45) is 0 Å². The van der Waals surface area contributed by atoms with Crippen molar-refractivity contribution in [3.05, 3.63) is 70.9 Å². The number of nitrogens with zero attached hydrogens (tertiary/aromatic N) is 4. The summed E-state index contributed by atoms with van der Waals surface area (Å²) < 4.78 is 2.06. The Morgan fingerprint density at radius 3 is 2.62 bits per heavy atom. The summed E-state index contributed by atoms with van der Waals surface area (Å²) in [5.74, 6) is 0.0607. The molecule has 8 heteroatoms. The fourth-order valence-corrected chi connectivity index (χ4v) is 5.13. The Balaban J connectivity index is 1.06. The van der Waals surface area contributed by atoms with Crippen molar-refractivity contribution >= 4 is 35.3 Å². The van der Waals surface area contributed by atoms with E-state index in [4.69, 9.17) is 0 Å². The van der Waals surface area contributed by atoms with Gasteiger partial charge in [-0.15, -0.1) is 0 Å². The van der Waals surface area contributed by atoms with Gasteiger partial charge in [0.15, 0.2) is 0 Å². The molecule has 0 bridgehead atoms. The molecule has 1 aromatic carbocycles. The maximum Gasteiger partial charge on any atom is 0.258 e. The number of thioether (sulfide) groups is 1. The first kappa shape index (κ1) is 20.8. The molecule has 2 aliphatic rings. The molecule has 7 nitrogen and oxygen atoms in total. The molecule has 1 N–H and O–H groups in total. The Labute approximate surface area is 191 Å². The molecule has 32 heavy (non-hydrogen) atoms. The van der Waals surface area contributed by atoms with Gasteiger partial charge in [-0.25, -0.2) is 4.98 Å². The van der Waals surface area contributed by atoms with E-state index < -0.39 is 0 Å². The van der Waals surface area contributed by atoms with Crippen LogP contribution in [0.5, 0.6) is 0 Å². The lowest BCUT2D eigenvalue weighted by Crippen LogP contribution is -2.49. The Hall–Kier alpha value is -3.10. The van der Waals surface area contributed by atoms with E-state index in [9.17, 15) is 9.59 Å². The summed E-state index contributed by atoms with van der Waals surface area (Å²) in [5.41, 5.74) is 2.58. The predicted octanol–water partition coefficient (Wildman–Crippen LogP) is 2.75. The van der Waals surface area contributed by atoms with Crippen LogP contribution in [-0.2, 0) is 4.79 Å². The topological polar surface area (TPSA) is 70.0 Å². The van der Waals surface area contributed by atoms with Crippen molar-refractivity contribution in [2.45, 2.75) is 11.4 Å². The van der Waals surface area contributed by atoms with Gasteiger partial charge in [-0.3, -0.25) is 18.9 Å². The smallest absolute Gasteiger partial charge is 0.258 e. The van der Waals surface area contributed by atoms with E-state index in [2.05, 4.69) is 19.6 Å². The van der Waals surface area contributed by atoms with Gasteiger partial charge in [0.2, 0.25) is 0 Å². The van der Waals surface area contributed by atoms with Gasteiger partial charge in [0.05, 0.1) is 21.8 Å². The molecule has 0 radical (unpaired) electrons.